The second-order valence-electron chi connectivity index (χ2n) is 6.94. The van der Waals surface area contributed by atoms with Crippen LogP contribution < -0.4 is 4.90 Å². The fourth-order valence-electron chi connectivity index (χ4n) is 3.67. The lowest BCUT2D eigenvalue weighted by Crippen LogP contribution is -2.51. The van der Waals surface area contributed by atoms with Crippen molar-refractivity contribution in [1.29, 1.82) is 0 Å². The molecule has 1 aromatic rings. The third-order valence-electron chi connectivity index (χ3n) is 5.18. The lowest BCUT2D eigenvalue weighted by molar-refractivity contribution is 0.462. The van der Waals surface area contributed by atoms with Gasteiger partial charge in [-0.3, -0.25) is 0 Å². The number of rotatable bonds is 1. The van der Waals surface area contributed by atoms with Gasteiger partial charge in [-0.15, -0.1) is 0 Å². The molecule has 0 saturated heterocycles. The Morgan fingerprint density at radius 1 is 0.737 bits per heavy atom. The minimum absolute atomic E-state index is 0.0739. The monoisotopic (exact) mass is 257 g/mol. The second-order valence-corrected chi connectivity index (χ2v) is 6.94. The highest BCUT2D eigenvalue weighted by Gasteiger charge is 2.48. The Morgan fingerprint density at radius 2 is 1.11 bits per heavy atom. The van der Waals surface area contributed by atoms with Crippen molar-refractivity contribution in [3.05, 3.63) is 40.5 Å². The molecule has 104 valence electrons. The molecule has 1 aliphatic heterocycles. The van der Waals surface area contributed by atoms with Crippen LogP contribution in [0.3, 0.4) is 0 Å². The molecular weight excluding hydrogens is 230 g/mol. The standard InChI is InChI=1S/C18H27N/c1-12-10-9-11-13(2)16(12)19-17(5,6)14(3)15(4)18(19,7)8/h9-11H,1-8H3. The molecule has 0 radical (unpaired) electrons. The summed E-state index contributed by atoms with van der Waals surface area (Å²) in [6.07, 6.45) is 0. The van der Waals surface area contributed by atoms with Gasteiger partial charge < -0.3 is 4.90 Å². The molecule has 0 saturated carbocycles. The summed E-state index contributed by atoms with van der Waals surface area (Å²) in [7, 11) is 0. The third-order valence-corrected chi connectivity index (χ3v) is 5.18. The molecular formula is C18H27N. The Hall–Kier alpha value is -1.24. The predicted molar refractivity (Wildman–Crippen MR) is 84.9 cm³/mol. The van der Waals surface area contributed by atoms with E-state index in [1.54, 1.807) is 0 Å². The summed E-state index contributed by atoms with van der Waals surface area (Å²) < 4.78 is 0. The van der Waals surface area contributed by atoms with Crippen molar-refractivity contribution in [1.82, 2.24) is 0 Å². The Balaban J connectivity index is 2.70. The molecule has 0 aliphatic carbocycles. The lowest BCUT2D eigenvalue weighted by atomic mass is 9.93. The van der Waals surface area contributed by atoms with Gasteiger partial charge in [-0.2, -0.15) is 0 Å². The van der Waals surface area contributed by atoms with Crippen molar-refractivity contribution in [3.63, 3.8) is 0 Å². The molecule has 1 heteroatoms. The van der Waals surface area contributed by atoms with Gasteiger partial charge in [0.15, 0.2) is 0 Å². The quantitative estimate of drug-likeness (QED) is 0.639. The third kappa shape index (κ3) is 1.82. The molecule has 1 aromatic carbocycles. The first-order valence-electron chi connectivity index (χ1n) is 7.16. The van der Waals surface area contributed by atoms with Crippen LogP contribution in [0.1, 0.15) is 52.7 Å². The van der Waals surface area contributed by atoms with E-state index in [9.17, 15) is 0 Å². The molecule has 19 heavy (non-hydrogen) atoms. The van der Waals surface area contributed by atoms with Crippen LogP contribution in [0.25, 0.3) is 0 Å². The SMILES string of the molecule is CC1=C(C)C(C)(C)N(c2c(C)cccc2C)C1(C)C. The molecule has 2 rings (SSSR count). The molecule has 0 spiro atoms. The van der Waals surface area contributed by atoms with E-state index >= 15 is 0 Å². The number of hydrogen-bond donors (Lipinski definition) is 0. The highest BCUT2D eigenvalue weighted by atomic mass is 15.3. The van der Waals surface area contributed by atoms with E-state index in [1.165, 1.54) is 28.0 Å². The molecule has 0 fully saturated rings. The molecule has 0 unspecified atom stereocenters. The highest BCUT2D eigenvalue weighted by Crippen LogP contribution is 2.49. The van der Waals surface area contributed by atoms with E-state index in [0.717, 1.165) is 0 Å². The molecule has 1 nitrogen and oxygen atoms in total. The summed E-state index contributed by atoms with van der Waals surface area (Å²) in [5.74, 6) is 0. The largest absolute Gasteiger partial charge is 0.353 e. The number of anilines is 1. The van der Waals surface area contributed by atoms with E-state index in [-0.39, 0.29) is 11.1 Å². The Labute approximate surface area is 118 Å². The smallest absolute Gasteiger partial charge is 0.0567 e. The average Bonchev–Trinajstić information content (AvgIpc) is 2.41. The summed E-state index contributed by atoms with van der Waals surface area (Å²) in [4.78, 5) is 2.61. The summed E-state index contributed by atoms with van der Waals surface area (Å²) in [6, 6.07) is 6.59. The topological polar surface area (TPSA) is 3.24 Å². The zero-order valence-corrected chi connectivity index (χ0v) is 13.7. The lowest BCUT2D eigenvalue weighted by Gasteiger charge is -2.46. The average molecular weight is 257 g/mol. The van der Waals surface area contributed by atoms with Gasteiger partial charge in [-0.1, -0.05) is 18.2 Å². The van der Waals surface area contributed by atoms with E-state index < -0.39 is 0 Å². The van der Waals surface area contributed by atoms with Crippen LogP contribution in [0.2, 0.25) is 0 Å². The van der Waals surface area contributed by atoms with Crippen molar-refractivity contribution in [3.8, 4) is 0 Å². The normalized spacial score (nSPS) is 21.2. The van der Waals surface area contributed by atoms with Crippen LogP contribution in [0.15, 0.2) is 29.3 Å². The summed E-state index contributed by atoms with van der Waals surface area (Å²) in [6.45, 7) is 18.4. The van der Waals surface area contributed by atoms with Crippen LogP contribution >= 0.6 is 0 Å². The number of benzene rings is 1. The fraction of sp³-hybridized carbons (Fsp3) is 0.556. The summed E-state index contributed by atoms with van der Waals surface area (Å²) in [5.41, 5.74) is 7.27. The number of aryl methyl sites for hydroxylation is 2. The molecule has 1 heterocycles. The van der Waals surface area contributed by atoms with Crippen molar-refractivity contribution >= 4 is 5.69 Å². The molecule has 0 amide bonds. The van der Waals surface area contributed by atoms with Crippen LogP contribution in [0.5, 0.6) is 0 Å². The van der Waals surface area contributed by atoms with Gasteiger partial charge in [0.1, 0.15) is 0 Å². The maximum absolute atomic E-state index is 2.61. The predicted octanol–water partition coefficient (Wildman–Crippen LogP) is 5.02. The van der Waals surface area contributed by atoms with Crippen molar-refractivity contribution in [2.24, 2.45) is 0 Å². The zero-order valence-electron chi connectivity index (χ0n) is 13.7. The first-order chi connectivity index (χ1) is 8.61. The first kappa shape index (κ1) is 14.2. The van der Waals surface area contributed by atoms with Gasteiger partial charge in [0.2, 0.25) is 0 Å². The zero-order chi connectivity index (χ0) is 14.6. The van der Waals surface area contributed by atoms with Gasteiger partial charge in [0.25, 0.3) is 0 Å². The molecule has 1 aliphatic rings. The first-order valence-corrected chi connectivity index (χ1v) is 7.16. The van der Waals surface area contributed by atoms with Crippen LogP contribution in [0, 0.1) is 13.8 Å². The minimum atomic E-state index is 0.0739. The van der Waals surface area contributed by atoms with Gasteiger partial charge in [-0.05, 0) is 77.7 Å². The maximum atomic E-state index is 2.61. The van der Waals surface area contributed by atoms with Crippen LogP contribution in [-0.2, 0) is 0 Å². The van der Waals surface area contributed by atoms with E-state index in [0.29, 0.717) is 0 Å². The van der Waals surface area contributed by atoms with Gasteiger partial charge >= 0.3 is 0 Å². The minimum Gasteiger partial charge on any atom is -0.353 e. The Kier molecular flexibility index (Phi) is 3.08. The molecule has 0 atom stereocenters. The summed E-state index contributed by atoms with van der Waals surface area (Å²) >= 11 is 0. The van der Waals surface area contributed by atoms with Gasteiger partial charge in [-0.25, -0.2) is 0 Å². The Morgan fingerprint density at radius 3 is 1.47 bits per heavy atom. The highest BCUT2D eigenvalue weighted by molar-refractivity contribution is 5.68. The number of nitrogens with zero attached hydrogens (tertiary/aromatic N) is 1. The Bertz CT molecular complexity index is 503. The van der Waals surface area contributed by atoms with Crippen molar-refractivity contribution in [2.75, 3.05) is 4.90 Å². The second kappa shape index (κ2) is 4.13. The van der Waals surface area contributed by atoms with Crippen molar-refractivity contribution < 1.29 is 0 Å². The van der Waals surface area contributed by atoms with E-state index in [4.69, 9.17) is 0 Å². The van der Waals surface area contributed by atoms with Crippen molar-refractivity contribution in [2.45, 2.75) is 66.5 Å². The number of hydrogen-bond acceptors (Lipinski definition) is 1. The molecule has 0 bridgehead atoms. The van der Waals surface area contributed by atoms with Gasteiger partial charge in [0.05, 0.1) is 11.1 Å². The van der Waals surface area contributed by atoms with E-state index in [2.05, 4.69) is 78.5 Å². The summed E-state index contributed by atoms with van der Waals surface area (Å²) in [5, 5.41) is 0. The maximum Gasteiger partial charge on any atom is 0.0567 e. The van der Waals surface area contributed by atoms with Crippen LogP contribution in [-0.4, -0.2) is 11.1 Å². The van der Waals surface area contributed by atoms with Gasteiger partial charge in [0, 0.05) is 5.69 Å². The molecule has 0 aromatic heterocycles. The fourth-order valence-corrected chi connectivity index (χ4v) is 3.67. The van der Waals surface area contributed by atoms with Crippen LogP contribution in [0.4, 0.5) is 5.69 Å². The number of para-hydroxylation sites is 1. The molecule has 0 N–H and O–H groups in total. The van der Waals surface area contributed by atoms with E-state index in [1.807, 2.05) is 0 Å².